The van der Waals surface area contributed by atoms with E-state index in [-0.39, 0.29) is 6.54 Å². The molecule has 0 spiro atoms. The van der Waals surface area contributed by atoms with Crippen LogP contribution in [0.4, 0.5) is 9.18 Å². The Morgan fingerprint density at radius 1 is 1.50 bits per heavy atom. The van der Waals surface area contributed by atoms with Crippen molar-refractivity contribution in [2.45, 2.75) is 18.6 Å². The third-order valence-corrected chi connectivity index (χ3v) is 2.76. The number of aliphatic hydroxyl groups excluding tert-OH is 1. The van der Waals surface area contributed by atoms with Gasteiger partial charge in [-0.25, -0.2) is 9.18 Å². The van der Waals surface area contributed by atoms with Gasteiger partial charge < -0.3 is 10.2 Å². The van der Waals surface area contributed by atoms with Gasteiger partial charge in [0, 0.05) is 0 Å². The molecule has 1 amide bonds. The van der Waals surface area contributed by atoms with Gasteiger partial charge in [0.2, 0.25) is 0 Å². The van der Waals surface area contributed by atoms with Crippen molar-refractivity contribution in [2.75, 3.05) is 6.54 Å². The number of carbonyl (C=O) groups is 1. The van der Waals surface area contributed by atoms with Crippen molar-refractivity contribution in [3.8, 4) is 0 Å². The van der Waals surface area contributed by atoms with Gasteiger partial charge in [0.05, 0.1) is 18.7 Å². The van der Waals surface area contributed by atoms with E-state index in [2.05, 4.69) is 0 Å². The summed E-state index contributed by atoms with van der Waals surface area (Å²) in [5.41, 5.74) is 0.582. The summed E-state index contributed by atoms with van der Waals surface area (Å²) in [5.74, 6) is -0.399. The maximum atomic E-state index is 13.0. The Hall–Kier alpha value is -1.62. The van der Waals surface area contributed by atoms with E-state index in [0.29, 0.717) is 12.0 Å². The Labute approximate surface area is 91.9 Å². The molecule has 2 rings (SSSR count). The zero-order valence-electron chi connectivity index (χ0n) is 8.51. The average molecular weight is 225 g/mol. The molecule has 1 aliphatic rings. The van der Waals surface area contributed by atoms with E-state index in [0.717, 1.165) is 4.90 Å². The van der Waals surface area contributed by atoms with Crippen LogP contribution in [0.3, 0.4) is 0 Å². The smallest absolute Gasteiger partial charge is 0.407 e. The summed E-state index contributed by atoms with van der Waals surface area (Å²) in [6.07, 6.45) is -1.45. The van der Waals surface area contributed by atoms with Crippen molar-refractivity contribution in [1.82, 2.24) is 4.90 Å². The molecule has 1 fully saturated rings. The predicted octanol–water partition coefficient (Wildman–Crippen LogP) is 1.61. The monoisotopic (exact) mass is 225 g/mol. The zero-order chi connectivity index (χ0) is 11.7. The van der Waals surface area contributed by atoms with Gasteiger partial charge in [-0.1, -0.05) is 12.1 Å². The van der Waals surface area contributed by atoms with Crippen molar-refractivity contribution in [3.05, 3.63) is 35.6 Å². The first-order valence-corrected chi connectivity index (χ1v) is 5.01. The van der Waals surface area contributed by atoms with Crippen LogP contribution >= 0.6 is 0 Å². The Morgan fingerprint density at radius 2 is 2.25 bits per heavy atom. The number of carboxylic acid groups (broad SMARTS) is 1. The third-order valence-electron chi connectivity index (χ3n) is 2.76. The lowest BCUT2D eigenvalue weighted by Gasteiger charge is -2.21. The molecule has 0 aliphatic carbocycles. The molecule has 1 aromatic carbocycles. The van der Waals surface area contributed by atoms with Crippen molar-refractivity contribution >= 4 is 6.09 Å². The third kappa shape index (κ3) is 1.99. The molecule has 1 saturated heterocycles. The summed E-state index contributed by atoms with van der Waals surface area (Å²) in [7, 11) is 0. The van der Waals surface area contributed by atoms with Gasteiger partial charge in [0.1, 0.15) is 5.82 Å². The first-order valence-electron chi connectivity index (χ1n) is 5.01. The average Bonchev–Trinajstić information content (AvgIpc) is 2.60. The van der Waals surface area contributed by atoms with Crippen LogP contribution in [0.1, 0.15) is 18.0 Å². The van der Waals surface area contributed by atoms with Crippen LogP contribution in [0.25, 0.3) is 0 Å². The molecule has 86 valence electrons. The minimum atomic E-state index is -1.09. The molecule has 1 aliphatic heterocycles. The minimum Gasteiger partial charge on any atom is -0.465 e. The van der Waals surface area contributed by atoms with E-state index in [1.165, 1.54) is 18.2 Å². The van der Waals surface area contributed by atoms with Crippen molar-refractivity contribution in [3.63, 3.8) is 0 Å². The molecule has 5 heteroatoms. The molecule has 1 aromatic rings. The number of benzene rings is 1. The largest absolute Gasteiger partial charge is 0.465 e. The number of amides is 1. The van der Waals surface area contributed by atoms with Crippen LogP contribution in [0, 0.1) is 5.82 Å². The van der Waals surface area contributed by atoms with Gasteiger partial charge in [-0.15, -0.1) is 0 Å². The minimum absolute atomic E-state index is 0.0799. The SMILES string of the molecule is O=C(O)N1C[C@H](O)C[C@@H]1c1cccc(F)c1. The Bertz CT molecular complexity index is 410. The highest BCUT2D eigenvalue weighted by molar-refractivity contribution is 5.66. The molecule has 0 aromatic heterocycles. The van der Waals surface area contributed by atoms with Crippen LogP contribution in [-0.2, 0) is 0 Å². The molecule has 2 N–H and O–H groups in total. The molecule has 0 bridgehead atoms. The highest BCUT2D eigenvalue weighted by Gasteiger charge is 2.35. The van der Waals surface area contributed by atoms with E-state index in [4.69, 9.17) is 5.11 Å². The van der Waals surface area contributed by atoms with Gasteiger partial charge in [-0.2, -0.15) is 0 Å². The Balaban J connectivity index is 2.28. The molecule has 0 unspecified atom stereocenters. The van der Waals surface area contributed by atoms with Gasteiger partial charge in [0.15, 0.2) is 0 Å². The highest BCUT2D eigenvalue weighted by atomic mass is 19.1. The predicted molar refractivity (Wildman–Crippen MR) is 54.5 cm³/mol. The molecular weight excluding hydrogens is 213 g/mol. The summed E-state index contributed by atoms with van der Waals surface area (Å²) in [6, 6.07) is 5.36. The second-order valence-corrected chi connectivity index (χ2v) is 3.90. The molecular formula is C11H12FNO3. The number of hydrogen-bond donors (Lipinski definition) is 2. The molecule has 4 nitrogen and oxygen atoms in total. The molecule has 0 radical (unpaired) electrons. The topological polar surface area (TPSA) is 60.8 Å². The number of likely N-dealkylation sites (tertiary alicyclic amines) is 1. The van der Waals surface area contributed by atoms with E-state index >= 15 is 0 Å². The summed E-state index contributed by atoms with van der Waals surface area (Å²) >= 11 is 0. The lowest BCUT2D eigenvalue weighted by atomic mass is 10.0. The van der Waals surface area contributed by atoms with E-state index in [9.17, 15) is 14.3 Å². The number of β-amino-alcohol motifs (C(OH)–C–C–N with tert-alkyl or cyclic N) is 1. The maximum absolute atomic E-state index is 13.0. The molecule has 0 saturated carbocycles. The lowest BCUT2D eigenvalue weighted by molar-refractivity contribution is 0.131. The summed E-state index contributed by atoms with van der Waals surface area (Å²) in [5, 5.41) is 18.4. The van der Waals surface area contributed by atoms with Crippen LogP contribution in [0.5, 0.6) is 0 Å². The van der Waals surface area contributed by atoms with Crippen molar-refractivity contribution < 1.29 is 19.4 Å². The van der Waals surface area contributed by atoms with Crippen LogP contribution in [-0.4, -0.2) is 33.9 Å². The standard InChI is InChI=1S/C11H12FNO3/c12-8-3-1-2-7(4-8)10-5-9(14)6-13(10)11(15)16/h1-4,9-10,14H,5-6H2,(H,15,16)/t9-,10-/m1/s1. The van der Waals surface area contributed by atoms with E-state index in [1.807, 2.05) is 0 Å². The highest BCUT2D eigenvalue weighted by Crippen LogP contribution is 2.32. The van der Waals surface area contributed by atoms with Crippen LogP contribution in [0.15, 0.2) is 24.3 Å². The second-order valence-electron chi connectivity index (χ2n) is 3.90. The van der Waals surface area contributed by atoms with Crippen molar-refractivity contribution in [1.29, 1.82) is 0 Å². The number of hydrogen-bond acceptors (Lipinski definition) is 2. The summed E-state index contributed by atoms with van der Waals surface area (Å²) in [4.78, 5) is 12.1. The fourth-order valence-corrected chi connectivity index (χ4v) is 2.06. The Kier molecular flexibility index (Phi) is 2.78. The summed E-state index contributed by atoms with van der Waals surface area (Å²) in [6.45, 7) is 0.0799. The van der Waals surface area contributed by atoms with Gasteiger partial charge in [-0.3, -0.25) is 4.90 Å². The first-order chi connectivity index (χ1) is 7.58. The zero-order valence-corrected chi connectivity index (χ0v) is 8.51. The number of halogens is 1. The van der Waals surface area contributed by atoms with Gasteiger partial charge in [-0.05, 0) is 24.1 Å². The first kappa shape index (κ1) is 10.9. The fourth-order valence-electron chi connectivity index (χ4n) is 2.06. The molecule has 2 atom stereocenters. The number of rotatable bonds is 1. The van der Waals surface area contributed by atoms with Crippen LogP contribution in [0.2, 0.25) is 0 Å². The fraction of sp³-hybridized carbons (Fsp3) is 0.364. The Morgan fingerprint density at radius 3 is 2.88 bits per heavy atom. The number of nitrogens with zero attached hydrogens (tertiary/aromatic N) is 1. The molecule has 1 heterocycles. The van der Waals surface area contributed by atoms with E-state index < -0.39 is 24.1 Å². The summed E-state index contributed by atoms with van der Waals surface area (Å²) < 4.78 is 13.0. The quantitative estimate of drug-likeness (QED) is 0.763. The molecule has 16 heavy (non-hydrogen) atoms. The number of aliphatic hydroxyl groups is 1. The normalized spacial score (nSPS) is 24.8. The van der Waals surface area contributed by atoms with Crippen LogP contribution < -0.4 is 0 Å². The van der Waals surface area contributed by atoms with Gasteiger partial charge in [0.25, 0.3) is 0 Å². The second kappa shape index (κ2) is 4.09. The van der Waals surface area contributed by atoms with E-state index in [1.54, 1.807) is 6.07 Å². The van der Waals surface area contributed by atoms with Gasteiger partial charge >= 0.3 is 6.09 Å². The van der Waals surface area contributed by atoms with Crippen molar-refractivity contribution in [2.24, 2.45) is 0 Å². The lowest BCUT2D eigenvalue weighted by Crippen LogP contribution is -2.30. The maximum Gasteiger partial charge on any atom is 0.407 e.